The molecule has 0 heterocycles. The maximum Gasteiger partial charge on any atom is 0.313 e. The first kappa shape index (κ1) is 21.9. The van der Waals surface area contributed by atoms with Gasteiger partial charge in [0.15, 0.2) is 0 Å². The fourth-order valence-corrected chi connectivity index (χ4v) is 5.32. The largest absolute Gasteiger partial charge is 0.459 e. The number of aryl methyl sites for hydroxylation is 3. The van der Waals surface area contributed by atoms with Crippen molar-refractivity contribution >= 4 is 22.3 Å². The molecular formula is C29H36O2. The minimum atomic E-state index is -0.453. The van der Waals surface area contributed by atoms with Crippen LogP contribution in [0, 0.1) is 18.8 Å². The Morgan fingerprint density at radius 2 is 1.84 bits per heavy atom. The Kier molecular flexibility index (Phi) is 5.85. The van der Waals surface area contributed by atoms with Crippen LogP contribution in [0.3, 0.4) is 0 Å². The third kappa shape index (κ3) is 4.10. The molecule has 0 radical (unpaired) electrons. The van der Waals surface area contributed by atoms with E-state index >= 15 is 0 Å². The number of esters is 1. The fourth-order valence-electron chi connectivity index (χ4n) is 5.32. The van der Waals surface area contributed by atoms with E-state index in [1.165, 1.54) is 57.0 Å². The lowest BCUT2D eigenvalue weighted by molar-refractivity contribution is -0.159. The van der Waals surface area contributed by atoms with Gasteiger partial charge in [-0.05, 0) is 97.9 Å². The molecule has 0 N–H and O–H groups in total. The van der Waals surface area contributed by atoms with Gasteiger partial charge in [0.2, 0.25) is 0 Å². The van der Waals surface area contributed by atoms with E-state index in [2.05, 4.69) is 57.2 Å². The van der Waals surface area contributed by atoms with E-state index < -0.39 is 5.60 Å². The molecule has 0 aliphatic heterocycles. The van der Waals surface area contributed by atoms with Gasteiger partial charge < -0.3 is 4.74 Å². The summed E-state index contributed by atoms with van der Waals surface area (Å²) >= 11 is 0. The zero-order chi connectivity index (χ0) is 22.3. The molecule has 164 valence electrons. The summed E-state index contributed by atoms with van der Waals surface area (Å²) in [7, 11) is 0. The predicted molar refractivity (Wildman–Crippen MR) is 130 cm³/mol. The van der Waals surface area contributed by atoms with Gasteiger partial charge in [0, 0.05) is 0 Å². The molecule has 2 unspecified atom stereocenters. The standard InChI is InChI=1S/C29H36O2/c1-7-8-9-20-18(2)10-11-25-23(20)16-17-26-24-15-13-22(28(30)31-29(4,5)6)19(3)21(24)12-14-27(25)26/h10-11,13,15-17,19,22H,7-9,12,14H2,1-6H3. The van der Waals surface area contributed by atoms with Crippen molar-refractivity contribution in [3.63, 3.8) is 0 Å². The van der Waals surface area contributed by atoms with Crippen molar-refractivity contribution < 1.29 is 9.53 Å². The van der Waals surface area contributed by atoms with Crippen molar-refractivity contribution in [2.75, 3.05) is 0 Å². The summed E-state index contributed by atoms with van der Waals surface area (Å²) in [5.74, 6) is -0.122. The quantitative estimate of drug-likeness (QED) is 0.487. The van der Waals surface area contributed by atoms with Crippen LogP contribution in [0.1, 0.15) is 76.1 Å². The lowest BCUT2D eigenvalue weighted by Gasteiger charge is -2.34. The Labute approximate surface area is 187 Å². The third-order valence-corrected chi connectivity index (χ3v) is 6.96. The molecule has 31 heavy (non-hydrogen) atoms. The SMILES string of the molecule is CCCCc1c(C)ccc2c3c(ccc12)C1=C(CC3)C(C)C(C(=O)OC(C)(C)C)C=C1. The van der Waals surface area contributed by atoms with Gasteiger partial charge in [-0.25, -0.2) is 0 Å². The third-order valence-electron chi connectivity index (χ3n) is 6.96. The number of hydrogen-bond acceptors (Lipinski definition) is 2. The molecule has 2 aliphatic rings. The number of hydrogen-bond donors (Lipinski definition) is 0. The van der Waals surface area contributed by atoms with Gasteiger partial charge in [0.25, 0.3) is 0 Å². The number of carbonyl (C=O) groups excluding carboxylic acids is 1. The molecule has 0 spiro atoms. The van der Waals surface area contributed by atoms with E-state index in [0.29, 0.717) is 0 Å². The first-order valence-electron chi connectivity index (χ1n) is 11.9. The Bertz CT molecular complexity index is 1080. The van der Waals surface area contributed by atoms with E-state index in [4.69, 9.17) is 4.74 Å². The second kappa shape index (κ2) is 8.30. The van der Waals surface area contributed by atoms with Crippen molar-refractivity contribution in [2.24, 2.45) is 11.8 Å². The number of rotatable bonds is 4. The van der Waals surface area contributed by atoms with Crippen LogP contribution in [0.15, 0.2) is 42.0 Å². The summed E-state index contributed by atoms with van der Waals surface area (Å²) in [5.41, 5.74) is 8.02. The molecule has 0 saturated heterocycles. The molecule has 0 saturated carbocycles. The van der Waals surface area contributed by atoms with Gasteiger partial charge in [-0.15, -0.1) is 0 Å². The summed E-state index contributed by atoms with van der Waals surface area (Å²) in [6, 6.07) is 9.28. The Morgan fingerprint density at radius 1 is 1.10 bits per heavy atom. The van der Waals surface area contributed by atoms with Crippen LogP contribution in [-0.2, 0) is 22.4 Å². The van der Waals surface area contributed by atoms with Crippen LogP contribution in [-0.4, -0.2) is 11.6 Å². The zero-order valence-electron chi connectivity index (χ0n) is 20.0. The number of fused-ring (bicyclic) bond motifs is 4. The molecule has 0 amide bonds. The van der Waals surface area contributed by atoms with E-state index in [0.717, 1.165) is 19.3 Å². The molecule has 2 aromatic rings. The number of benzene rings is 2. The minimum Gasteiger partial charge on any atom is -0.459 e. The van der Waals surface area contributed by atoms with Crippen LogP contribution in [0.4, 0.5) is 0 Å². The van der Waals surface area contributed by atoms with Crippen molar-refractivity contribution in [3.8, 4) is 0 Å². The first-order chi connectivity index (χ1) is 14.7. The molecular weight excluding hydrogens is 380 g/mol. The maximum absolute atomic E-state index is 12.8. The smallest absolute Gasteiger partial charge is 0.313 e. The monoisotopic (exact) mass is 416 g/mol. The summed E-state index contributed by atoms with van der Waals surface area (Å²) in [4.78, 5) is 12.8. The van der Waals surface area contributed by atoms with Gasteiger partial charge in [-0.3, -0.25) is 4.79 Å². The summed E-state index contributed by atoms with van der Waals surface area (Å²) < 4.78 is 5.70. The molecule has 0 aromatic heterocycles. The molecule has 0 fully saturated rings. The van der Waals surface area contributed by atoms with Gasteiger partial charge in [0.1, 0.15) is 5.60 Å². The highest BCUT2D eigenvalue weighted by Crippen LogP contribution is 2.44. The first-order valence-corrected chi connectivity index (χ1v) is 11.9. The number of ether oxygens (including phenoxy) is 1. The topological polar surface area (TPSA) is 26.3 Å². The Morgan fingerprint density at radius 3 is 2.55 bits per heavy atom. The Balaban J connectivity index is 1.73. The van der Waals surface area contributed by atoms with Crippen molar-refractivity contribution in [1.82, 2.24) is 0 Å². The highest BCUT2D eigenvalue weighted by molar-refractivity contribution is 5.96. The second-order valence-electron chi connectivity index (χ2n) is 10.3. The minimum absolute atomic E-state index is 0.108. The van der Waals surface area contributed by atoms with Crippen LogP contribution < -0.4 is 0 Å². The van der Waals surface area contributed by atoms with Crippen LogP contribution >= 0.6 is 0 Å². The van der Waals surface area contributed by atoms with Crippen LogP contribution in [0.25, 0.3) is 16.3 Å². The molecule has 2 aliphatic carbocycles. The zero-order valence-corrected chi connectivity index (χ0v) is 20.0. The molecule has 2 nitrogen and oxygen atoms in total. The molecule has 0 bridgehead atoms. The van der Waals surface area contributed by atoms with E-state index in [1.54, 1.807) is 0 Å². The average Bonchev–Trinajstić information content (AvgIpc) is 2.71. The van der Waals surface area contributed by atoms with Gasteiger partial charge in [0.05, 0.1) is 5.92 Å². The highest BCUT2D eigenvalue weighted by atomic mass is 16.6. The molecule has 2 heteroatoms. The van der Waals surface area contributed by atoms with E-state index in [-0.39, 0.29) is 17.8 Å². The second-order valence-corrected chi connectivity index (χ2v) is 10.3. The summed E-state index contributed by atoms with van der Waals surface area (Å²) in [6.45, 7) is 12.5. The van der Waals surface area contributed by atoms with Crippen LogP contribution in [0.2, 0.25) is 0 Å². The Hall–Kier alpha value is -2.35. The molecule has 2 aromatic carbocycles. The molecule has 2 atom stereocenters. The normalized spacial score (nSPS) is 20.6. The predicted octanol–water partition coefficient (Wildman–Crippen LogP) is 7.35. The highest BCUT2D eigenvalue weighted by Gasteiger charge is 2.35. The van der Waals surface area contributed by atoms with Crippen LogP contribution in [0.5, 0.6) is 0 Å². The number of carbonyl (C=O) groups is 1. The lowest BCUT2D eigenvalue weighted by atomic mass is 9.72. The lowest BCUT2D eigenvalue weighted by Crippen LogP contribution is -2.33. The van der Waals surface area contributed by atoms with E-state index in [1.807, 2.05) is 20.8 Å². The van der Waals surface area contributed by atoms with Gasteiger partial charge in [-0.2, -0.15) is 0 Å². The van der Waals surface area contributed by atoms with Gasteiger partial charge in [-0.1, -0.05) is 62.3 Å². The van der Waals surface area contributed by atoms with Crippen molar-refractivity contribution in [1.29, 1.82) is 0 Å². The van der Waals surface area contributed by atoms with E-state index in [9.17, 15) is 4.79 Å². The average molecular weight is 417 g/mol. The van der Waals surface area contributed by atoms with Gasteiger partial charge >= 0.3 is 5.97 Å². The summed E-state index contributed by atoms with van der Waals surface area (Å²) in [5, 5.41) is 2.84. The number of unbranched alkanes of at least 4 members (excludes halogenated alkanes) is 1. The number of allylic oxidation sites excluding steroid dienone is 3. The molecule has 4 rings (SSSR count). The maximum atomic E-state index is 12.8. The summed E-state index contributed by atoms with van der Waals surface area (Å²) in [6.07, 6.45) is 9.92. The van der Waals surface area contributed by atoms with Crippen molar-refractivity contribution in [2.45, 2.75) is 79.2 Å². The van der Waals surface area contributed by atoms with Crippen molar-refractivity contribution in [3.05, 3.63) is 64.2 Å². The fraction of sp³-hybridized carbons (Fsp3) is 0.483.